The van der Waals surface area contributed by atoms with E-state index in [1.165, 1.54) is 4.90 Å². The zero-order valence-electron chi connectivity index (χ0n) is 9.13. The van der Waals surface area contributed by atoms with E-state index in [0.29, 0.717) is 52.0 Å². The third kappa shape index (κ3) is 3.07. The minimum Gasteiger partial charge on any atom is -0.465 e. The summed E-state index contributed by atoms with van der Waals surface area (Å²) in [5.41, 5.74) is 0. The van der Waals surface area contributed by atoms with Gasteiger partial charge >= 0.3 is 6.09 Å². The molecule has 92 valence electrons. The number of carboxylic acid groups (broad SMARTS) is 1. The summed E-state index contributed by atoms with van der Waals surface area (Å²) in [6.07, 6.45) is -0.815. The third-order valence-electron chi connectivity index (χ3n) is 2.77. The Labute approximate surface area is 94.1 Å². The first-order valence-corrected chi connectivity index (χ1v) is 5.50. The molecular weight excluding hydrogens is 214 g/mol. The molecule has 2 saturated heterocycles. The van der Waals surface area contributed by atoms with Crippen molar-refractivity contribution in [2.24, 2.45) is 5.92 Å². The van der Waals surface area contributed by atoms with Gasteiger partial charge in [0.2, 0.25) is 0 Å². The first kappa shape index (κ1) is 11.6. The molecule has 1 N–H and O–H groups in total. The van der Waals surface area contributed by atoms with Gasteiger partial charge in [-0.3, -0.25) is 0 Å². The van der Waals surface area contributed by atoms with Gasteiger partial charge in [-0.25, -0.2) is 4.79 Å². The van der Waals surface area contributed by atoms with E-state index in [0.717, 1.165) is 0 Å². The van der Waals surface area contributed by atoms with Crippen LogP contribution in [0.3, 0.4) is 0 Å². The van der Waals surface area contributed by atoms with E-state index in [4.69, 9.17) is 19.3 Å². The lowest BCUT2D eigenvalue weighted by Gasteiger charge is -2.37. The summed E-state index contributed by atoms with van der Waals surface area (Å²) >= 11 is 0. The fraction of sp³-hybridized carbons (Fsp3) is 0.900. The van der Waals surface area contributed by atoms with E-state index < -0.39 is 6.09 Å². The lowest BCUT2D eigenvalue weighted by atomic mass is 10.0. The molecular formula is C10H17NO5. The Hall–Kier alpha value is -0.850. The van der Waals surface area contributed by atoms with Crippen molar-refractivity contribution in [1.82, 2.24) is 4.90 Å². The molecule has 6 heteroatoms. The number of ether oxygens (including phenoxy) is 3. The maximum Gasteiger partial charge on any atom is 0.407 e. The highest BCUT2D eigenvalue weighted by molar-refractivity contribution is 5.65. The van der Waals surface area contributed by atoms with Crippen LogP contribution < -0.4 is 0 Å². The number of hydrogen-bond acceptors (Lipinski definition) is 4. The smallest absolute Gasteiger partial charge is 0.407 e. The van der Waals surface area contributed by atoms with Gasteiger partial charge in [0.15, 0.2) is 0 Å². The van der Waals surface area contributed by atoms with Crippen LogP contribution in [-0.4, -0.2) is 68.3 Å². The summed E-state index contributed by atoms with van der Waals surface area (Å²) in [4.78, 5) is 11.9. The molecule has 0 spiro atoms. The Morgan fingerprint density at radius 2 is 2.19 bits per heavy atom. The molecule has 2 aliphatic heterocycles. The molecule has 0 aromatic heterocycles. The van der Waals surface area contributed by atoms with E-state index in [-0.39, 0.29) is 6.10 Å². The van der Waals surface area contributed by atoms with Crippen molar-refractivity contribution in [3.63, 3.8) is 0 Å². The van der Waals surface area contributed by atoms with Crippen molar-refractivity contribution >= 4 is 6.09 Å². The molecule has 6 nitrogen and oxygen atoms in total. The predicted molar refractivity (Wildman–Crippen MR) is 54.5 cm³/mol. The molecule has 1 unspecified atom stereocenters. The summed E-state index contributed by atoms with van der Waals surface area (Å²) in [6, 6.07) is 0. The Morgan fingerprint density at radius 1 is 1.38 bits per heavy atom. The number of carbonyl (C=O) groups is 1. The van der Waals surface area contributed by atoms with Crippen molar-refractivity contribution in [3.05, 3.63) is 0 Å². The first-order valence-electron chi connectivity index (χ1n) is 5.50. The Morgan fingerprint density at radius 3 is 2.81 bits per heavy atom. The number of rotatable bonds is 4. The molecule has 1 amide bonds. The van der Waals surface area contributed by atoms with Gasteiger partial charge in [0.25, 0.3) is 0 Å². The summed E-state index contributed by atoms with van der Waals surface area (Å²) in [6.45, 7) is 4.17. The molecule has 0 aromatic carbocycles. The Balaban J connectivity index is 1.51. The molecule has 2 fully saturated rings. The molecule has 2 heterocycles. The average molecular weight is 231 g/mol. The lowest BCUT2D eigenvalue weighted by molar-refractivity contribution is -0.120. The molecule has 0 saturated carbocycles. The van der Waals surface area contributed by atoms with Gasteiger partial charge in [-0.15, -0.1) is 0 Å². The highest BCUT2D eigenvalue weighted by Crippen LogP contribution is 2.15. The molecule has 2 rings (SSSR count). The van der Waals surface area contributed by atoms with Crippen molar-refractivity contribution in [2.45, 2.75) is 6.10 Å². The minimum atomic E-state index is -0.847. The van der Waals surface area contributed by atoms with Crippen LogP contribution in [0, 0.1) is 5.92 Å². The average Bonchev–Trinajstić information content (AvgIpc) is 2.22. The normalized spacial score (nSPS) is 26.5. The minimum absolute atomic E-state index is 0.0319. The van der Waals surface area contributed by atoms with E-state index in [2.05, 4.69) is 0 Å². The van der Waals surface area contributed by atoms with Crippen LogP contribution in [0.2, 0.25) is 0 Å². The highest BCUT2D eigenvalue weighted by atomic mass is 16.6. The SMILES string of the molecule is O=C(O)N1CC(COCC2COCCO2)C1. The fourth-order valence-electron chi connectivity index (χ4n) is 1.83. The highest BCUT2D eigenvalue weighted by Gasteiger charge is 2.30. The number of likely N-dealkylation sites (tertiary alicyclic amines) is 1. The molecule has 0 aromatic rings. The van der Waals surface area contributed by atoms with Crippen LogP contribution in [-0.2, 0) is 14.2 Å². The number of amides is 1. The van der Waals surface area contributed by atoms with Crippen LogP contribution in [0.4, 0.5) is 4.79 Å². The van der Waals surface area contributed by atoms with E-state index in [1.807, 2.05) is 0 Å². The molecule has 0 bridgehead atoms. The second-order valence-electron chi connectivity index (χ2n) is 4.16. The Bertz CT molecular complexity index is 235. The van der Waals surface area contributed by atoms with Gasteiger partial charge in [0.05, 0.1) is 33.0 Å². The standard InChI is InChI=1S/C10H17NO5/c12-10(13)11-3-8(4-11)5-15-7-9-6-14-1-2-16-9/h8-9H,1-7H2,(H,12,13). The van der Waals surface area contributed by atoms with E-state index in [1.54, 1.807) is 0 Å². The first-order chi connectivity index (χ1) is 7.75. The van der Waals surface area contributed by atoms with E-state index in [9.17, 15) is 4.79 Å². The van der Waals surface area contributed by atoms with Crippen LogP contribution in [0.25, 0.3) is 0 Å². The summed E-state index contributed by atoms with van der Waals surface area (Å²) < 4.78 is 16.1. The second kappa shape index (κ2) is 5.47. The van der Waals surface area contributed by atoms with Crippen LogP contribution >= 0.6 is 0 Å². The van der Waals surface area contributed by atoms with Crippen molar-refractivity contribution < 1.29 is 24.1 Å². The van der Waals surface area contributed by atoms with E-state index >= 15 is 0 Å². The maximum absolute atomic E-state index is 10.5. The monoisotopic (exact) mass is 231 g/mol. The van der Waals surface area contributed by atoms with Gasteiger partial charge in [0, 0.05) is 19.0 Å². The third-order valence-corrected chi connectivity index (χ3v) is 2.77. The maximum atomic E-state index is 10.5. The van der Waals surface area contributed by atoms with Crippen LogP contribution in [0.15, 0.2) is 0 Å². The molecule has 1 atom stereocenters. The second-order valence-corrected chi connectivity index (χ2v) is 4.16. The summed E-state index contributed by atoms with van der Waals surface area (Å²) in [5.74, 6) is 0.334. The van der Waals surface area contributed by atoms with Gasteiger partial charge in [-0.05, 0) is 0 Å². The van der Waals surface area contributed by atoms with Gasteiger partial charge in [-0.1, -0.05) is 0 Å². The topological polar surface area (TPSA) is 68.2 Å². The zero-order valence-corrected chi connectivity index (χ0v) is 9.13. The van der Waals surface area contributed by atoms with Gasteiger partial charge < -0.3 is 24.2 Å². The van der Waals surface area contributed by atoms with Crippen LogP contribution in [0.5, 0.6) is 0 Å². The summed E-state index contributed by atoms with van der Waals surface area (Å²) in [5, 5.41) is 8.63. The van der Waals surface area contributed by atoms with Gasteiger partial charge in [0.1, 0.15) is 6.10 Å². The van der Waals surface area contributed by atoms with Gasteiger partial charge in [-0.2, -0.15) is 0 Å². The van der Waals surface area contributed by atoms with Crippen molar-refractivity contribution in [2.75, 3.05) is 46.1 Å². The molecule has 0 radical (unpaired) electrons. The predicted octanol–water partition coefficient (Wildman–Crippen LogP) is 0.0282. The number of hydrogen-bond donors (Lipinski definition) is 1. The largest absolute Gasteiger partial charge is 0.465 e. The van der Waals surface area contributed by atoms with Crippen LogP contribution in [0.1, 0.15) is 0 Å². The molecule has 2 aliphatic rings. The quantitative estimate of drug-likeness (QED) is 0.739. The summed E-state index contributed by atoms with van der Waals surface area (Å²) in [7, 11) is 0. The Kier molecular flexibility index (Phi) is 3.98. The zero-order chi connectivity index (χ0) is 11.4. The molecule has 16 heavy (non-hydrogen) atoms. The van der Waals surface area contributed by atoms with Crippen molar-refractivity contribution in [3.8, 4) is 0 Å². The lowest BCUT2D eigenvalue weighted by Crippen LogP contribution is -2.51. The number of nitrogens with zero attached hydrogens (tertiary/aromatic N) is 1. The fourth-order valence-corrected chi connectivity index (χ4v) is 1.83. The van der Waals surface area contributed by atoms with Crippen molar-refractivity contribution in [1.29, 1.82) is 0 Å². The molecule has 0 aliphatic carbocycles.